The molecule has 6 nitrogen and oxygen atoms in total. The Balaban J connectivity index is 2.16. The van der Waals surface area contributed by atoms with Crippen LogP contribution in [0.4, 0.5) is 0 Å². The van der Waals surface area contributed by atoms with Crippen molar-refractivity contribution in [2.45, 2.75) is 85.5 Å². The molecule has 5 atom stereocenters. The summed E-state index contributed by atoms with van der Waals surface area (Å²) in [5, 5.41) is 0. The van der Waals surface area contributed by atoms with Crippen LogP contribution < -0.4 is 0 Å². The zero-order valence-electron chi connectivity index (χ0n) is 18.7. The summed E-state index contributed by atoms with van der Waals surface area (Å²) in [7, 11) is 0. The van der Waals surface area contributed by atoms with E-state index in [2.05, 4.69) is 19.9 Å². The van der Waals surface area contributed by atoms with Crippen molar-refractivity contribution in [3.63, 3.8) is 0 Å². The van der Waals surface area contributed by atoms with Crippen molar-refractivity contribution in [1.29, 1.82) is 0 Å². The number of carbonyl (C=O) groups excluding carboxylic acids is 3. The molecule has 164 valence electrons. The summed E-state index contributed by atoms with van der Waals surface area (Å²) in [5.41, 5.74) is 3.19. The monoisotopic (exact) mass is 416 g/mol. The van der Waals surface area contributed by atoms with Crippen molar-refractivity contribution < 1.29 is 28.6 Å². The first-order valence-electron chi connectivity index (χ1n) is 10.6. The van der Waals surface area contributed by atoms with E-state index in [1.165, 1.54) is 13.8 Å². The lowest BCUT2D eigenvalue weighted by Gasteiger charge is -2.50. The fourth-order valence-electron chi connectivity index (χ4n) is 5.23. The number of ether oxygens (including phenoxy) is 3. The van der Waals surface area contributed by atoms with Crippen LogP contribution in [0.5, 0.6) is 0 Å². The Morgan fingerprint density at radius 3 is 2.37 bits per heavy atom. The molecule has 1 aliphatic heterocycles. The van der Waals surface area contributed by atoms with Gasteiger partial charge >= 0.3 is 17.9 Å². The van der Waals surface area contributed by atoms with Crippen LogP contribution in [0.2, 0.25) is 0 Å². The van der Waals surface area contributed by atoms with Gasteiger partial charge in [0.05, 0.1) is 0 Å². The largest absolute Gasteiger partial charge is 0.462 e. The van der Waals surface area contributed by atoms with Gasteiger partial charge in [0, 0.05) is 31.3 Å². The quantitative estimate of drug-likeness (QED) is 0.381. The van der Waals surface area contributed by atoms with Crippen LogP contribution in [-0.4, -0.2) is 36.2 Å². The van der Waals surface area contributed by atoms with Gasteiger partial charge in [-0.3, -0.25) is 9.59 Å². The molecule has 3 rings (SSSR count). The summed E-state index contributed by atoms with van der Waals surface area (Å²) in [6.45, 7) is 10.7. The van der Waals surface area contributed by atoms with E-state index < -0.39 is 17.6 Å². The first-order chi connectivity index (χ1) is 14.0. The van der Waals surface area contributed by atoms with Gasteiger partial charge in [-0.15, -0.1) is 0 Å². The number of carbonyl (C=O) groups is 3. The molecule has 0 radical (unpaired) electrons. The second-order valence-corrected chi connectivity index (χ2v) is 9.03. The molecule has 0 unspecified atom stereocenters. The first kappa shape index (κ1) is 22.3. The van der Waals surface area contributed by atoms with Crippen LogP contribution in [0.15, 0.2) is 34.4 Å². The van der Waals surface area contributed by atoms with Crippen LogP contribution in [0.25, 0.3) is 0 Å². The lowest BCUT2D eigenvalue weighted by molar-refractivity contribution is -0.178. The standard InChI is InChI=1S/C24H32O6/c1-13-7-9-21(28-16(4)25)24(6)19(14(2)8-10-22(24)29-17(5)26)12-18-15(3)23(27)30-20(18)11-13/h8,11,19-22H,7,9-10,12H2,1-6H3/b13-11-/t19-,20+,21-,22-,24-/m0/s1. The topological polar surface area (TPSA) is 78.9 Å². The summed E-state index contributed by atoms with van der Waals surface area (Å²) >= 11 is 0. The molecule has 0 bridgehead atoms. The van der Waals surface area contributed by atoms with Gasteiger partial charge in [0.15, 0.2) is 0 Å². The smallest absolute Gasteiger partial charge is 0.334 e. The third-order valence-corrected chi connectivity index (χ3v) is 6.98. The zero-order valence-corrected chi connectivity index (χ0v) is 18.7. The predicted molar refractivity (Wildman–Crippen MR) is 111 cm³/mol. The minimum absolute atomic E-state index is 0.0614. The maximum Gasteiger partial charge on any atom is 0.334 e. The second-order valence-electron chi connectivity index (χ2n) is 9.03. The molecule has 0 saturated carbocycles. The van der Waals surface area contributed by atoms with Crippen LogP contribution in [0, 0.1) is 11.3 Å². The van der Waals surface area contributed by atoms with E-state index >= 15 is 0 Å². The molecular weight excluding hydrogens is 384 g/mol. The minimum Gasteiger partial charge on any atom is -0.462 e. The van der Waals surface area contributed by atoms with Gasteiger partial charge < -0.3 is 14.2 Å². The maximum absolute atomic E-state index is 12.3. The van der Waals surface area contributed by atoms with E-state index in [0.29, 0.717) is 31.3 Å². The van der Waals surface area contributed by atoms with Crippen molar-refractivity contribution in [3.05, 3.63) is 34.4 Å². The Kier molecular flexibility index (Phi) is 6.25. The molecule has 0 amide bonds. The van der Waals surface area contributed by atoms with Crippen LogP contribution in [-0.2, 0) is 28.6 Å². The Morgan fingerprint density at radius 1 is 1.10 bits per heavy atom. The Bertz CT molecular complexity index is 848. The summed E-state index contributed by atoms with van der Waals surface area (Å²) < 4.78 is 17.3. The molecule has 0 aromatic heterocycles. The Labute approximate surface area is 178 Å². The number of rotatable bonds is 2. The molecular formula is C24H32O6. The molecule has 3 aliphatic rings. The number of esters is 3. The number of hydrogen-bond donors (Lipinski definition) is 0. The highest BCUT2D eigenvalue weighted by molar-refractivity contribution is 5.92. The van der Waals surface area contributed by atoms with Gasteiger partial charge in [-0.1, -0.05) is 24.1 Å². The molecule has 30 heavy (non-hydrogen) atoms. The van der Waals surface area contributed by atoms with Gasteiger partial charge in [-0.2, -0.15) is 0 Å². The van der Waals surface area contributed by atoms with Gasteiger partial charge in [-0.25, -0.2) is 4.79 Å². The Hall–Kier alpha value is -2.37. The average Bonchev–Trinajstić information content (AvgIpc) is 2.90. The second kappa shape index (κ2) is 8.40. The minimum atomic E-state index is -0.628. The highest BCUT2D eigenvalue weighted by Crippen LogP contribution is 2.52. The molecule has 0 aromatic rings. The van der Waals surface area contributed by atoms with Gasteiger partial charge in [0.2, 0.25) is 0 Å². The zero-order chi connectivity index (χ0) is 22.2. The van der Waals surface area contributed by atoms with E-state index in [1.54, 1.807) is 6.92 Å². The number of fused-ring (bicyclic) bond motifs is 2. The van der Waals surface area contributed by atoms with Crippen molar-refractivity contribution in [2.75, 3.05) is 0 Å². The SMILES string of the molecule is CC(=O)O[C@H]1CC=C(C)[C@@H]2CC3=C(C)C(=O)O[C@@H]3/C=C(/C)CC[C@H](OC(C)=O)[C@@]12C. The van der Waals surface area contributed by atoms with E-state index in [4.69, 9.17) is 14.2 Å². The number of hydrogen-bond acceptors (Lipinski definition) is 6. The van der Waals surface area contributed by atoms with Crippen LogP contribution in [0.3, 0.4) is 0 Å². The Morgan fingerprint density at radius 2 is 1.73 bits per heavy atom. The highest BCUT2D eigenvalue weighted by atomic mass is 16.6. The van der Waals surface area contributed by atoms with Crippen molar-refractivity contribution in [1.82, 2.24) is 0 Å². The van der Waals surface area contributed by atoms with E-state index in [1.807, 2.05) is 13.0 Å². The molecule has 0 fully saturated rings. The normalized spacial score (nSPS) is 35.9. The molecule has 6 heteroatoms. The van der Waals surface area contributed by atoms with Gasteiger partial charge in [0.1, 0.15) is 18.3 Å². The fourth-order valence-corrected chi connectivity index (χ4v) is 5.23. The van der Waals surface area contributed by atoms with Gasteiger partial charge in [-0.05, 0) is 57.6 Å². The summed E-state index contributed by atoms with van der Waals surface area (Å²) in [4.78, 5) is 36.3. The van der Waals surface area contributed by atoms with E-state index in [0.717, 1.165) is 16.7 Å². The van der Waals surface area contributed by atoms with Crippen molar-refractivity contribution in [2.24, 2.45) is 11.3 Å². The van der Waals surface area contributed by atoms with Crippen molar-refractivity contribution >= 4 is 17.9 Å². The van der Waals surface area contributed by atoms with Crippen LogP contribution >= 0.6 is 0 Å². The van der Waals surface area contributed by atoms with Crippen LogP contribution in [0.1, 0.15) is 67.2 Å². The molecule has 2 aliphatic carbocycles. The molecule has 0 N–H and O–H groups in total. The lowest BCUT2D eigenvalue weighted by Crippen LogP contribution is -2.53. The average molecular weight is 417 g/mol. The first-order valence-corrected chi connectivity index (χ1v) is 10.6. The van der Waals surface area contributed by atoms with E-state index in [-0.39, 0.29) is 29.9 Å². The lowest BCUT2D eigenvalue weighted by atomic mass is 9.59. The maximum atomic E-state index is 12.3. The van der Waals surface area contributed by atoms with Gasteiger partial charge in [0.25, 0.3) is 0 Å². The predicted octanol–water partition coefficient (Wildman–Crippen LogP) is 4.19. The third-order valence-electron chi connectivity index (χ3n) is 6.98. The van der Waals surface area contributed by atoms with Crippen molar-refractivity contribution in [3.8, 4) is 0 Å². The van der Waals surface area contributed by atoms with E-state index in [9.17, 15) is 14.4 Å². The fraction of sp³-hybridized carbons (Fsp3) is 0.625. The summed E-state index contributed by atoms with van der Waals surface area (Å²) in [5.74, 6) is -1.05. The summed E-state index contributed by atoms with van der Waals surface area (Å²) in [6.07, 6.45) is 5.34. The number of allylic oxidation sites excluding steroid dienone is 2. The molecule has 0 aromatic carbocycles. The summed E-state index contributed by atoms with van der Waals surface area (Å²) in [6, 6.07) is 0. The molecule has 0 spiro atoms. The molecule has 1 heterocycles. The highest BCUT2D eigenvalue weighted by Gasteiger charge is 2.53. The molecule has 0 saturated heterocycles. The third kappa shape index (κ3) is 4.09.